The van der Waals surface area contributed by atoms with E-state index >= 15 is 0 Å². The summed E-state index contributed by atoms with van der Waals surface area (Å²) >= 11 is 6.03. The Labute approximate surface area is 173 Å². The molecule has 0 saturated heterocycles. The van der Waals surface area contributed by atoms with E-state index in [1.165, 1.54) is 0 Å². The molecule has 0 aliphatic heterocycles. The SMILES string of the molecule is Cc1c(C(=O)N(Cc2ccccn2)c2ccc(Cl)cc2)cnn1-c1ccccn1. The smallest absolute Gasteiger partial charge is 0.262 e. The van der Waals surface area contributed by atoms with Crippen LogP contribution in [0.2, 0.25) is 5.02 Å². The van der Waals surface area contributed by atoms with Gasteiger partial charge in [-0.3, -0.25) is 9.78 Å². The lowest BCUT2D eigenvalue weighted by Crippen LogP contribution is -2.31. The molecule has 1 amide bonds. The Hall–Kier alpha value is -3.51. The van der Waals surface area contributed by atoms with Gasteiger partial charge < -0.3 is 4.90 Å². The molecule has 7 heteroatoms. The lowest BCUT2D eigenvalue weighted by molar-refractivity contribution is 0.0984. The normalized spacial score (nSPS) is 10.7. The molecule has 0 bridgehead atoms. The number of benzene rings is 1. The number of nitrogens with zero attached hydrogens (tertiary/aromatic N) is 5. The van der Waals surface area contributed by atoms with Crippen LogP contribution in [0.15, 0.2) is 79.3 Å². The van der Waals surface area contributed by atoms with Crippen LogP contribution < -0.4 is 4.90 Å². The minimum absolute atomic E-state index is 0.169. The van der Waals surface area contributed by atoms with E-state index in [2.05, 4.69) is 15.1 Å². The first-order valence-electron chi connectivity index (χ1n) is 9.07. The zero-order chi connectivity index (χ0) is 20.2. The van der Waals surface area contributed by atoms with Crippen molar-refractivity contribution in [3.05, 3.63) is 101 Å². The van der Waals surface area contributed by atoms with Gasteiger partial charge in [-0.1, -0.05) is 23.7 Å². The standard InChI is InChI=1S/C22H18ClN5O/c1-16-20(14-26-28(16)21-7-3-5-13-25-21)22(29)27(15-18-6-2-4-12-24-18)19-10-8-17(23)9-11-19/h2-14H,15H2,1H3. The molecule has 0 spiro atoms. The molecule has 3 aromatic heterocycles. The molecule has 0 radical (unpaired) electrons. The summed E-state index contributed by atoms with van der Waals surface area (Å²) in [6.07, 6.45) is 4.98. The van der Waals surface area contributed by atoms with E-state index in [0.717, 1.165) is 11.4 Å². The molecule has 0 unspecified atom stereocenters. The Morgan fingerprint density at radius 1 is 1.00 bits per heavy atom. The van der Waals surface area contributed by atoms with Crippen LogP contribution in [0.25, 0.3) is 5.82 Å². The molecule has 4 aromatic rings. The Bertz CT molecular complexity index is 1110. The highest BCUT2D eigenvalue weighted by atomic mass is 35.5. The minimum Gasteiger partial charge on any atom is -0.302 e. The van der Waals surface area contributed by atoms with Crippen molar-refractivity contribution in [3.63, 3.8) is 0 Å². The summed E-state index contributed by atoms with van der Waals surface area (Å²) in [5.74, 6) is 0.490. The molecule has 4 rings (SSSR count). The highest BCUT2D eigenvalue weighted by Gasteiger charge is 2.23. The molecule has 0 aliphatic carbocycles. The minimum atomic E-state index is -0.169. The number of rotatable bonds is 5. The van der Waals surface area contributed by atoms with Gasteiger partial charge in [0.2, 0.25) is 0 Å². The van der Waals surface area contributed by atoms with E-state index in [1.54, 1.807) is 40.3 Å². The van der Waals surface area contributed by atoms with Crippen molar-refractivity contribution in [3.8, 4) is 5.82 Å². The molecule has 29 heavy (non-hydrogen) atoms. The van der Waals surface area contributed by atoms with Gasteiger partial charge in [0.1, 0.15) is 0 Å². The van der Waals surface area contributed by atoms with Crippen molar-refractivity contribution >= 4 is 23.2 Å². The van der Waals surface area contributed by atoms with Crippen LogP contribution in [0.5, 0.6) is 0 Å². The fourth-order valence-electron chi connectivity index (χ4n) is 3.03. The first-order valence-corrected chi connectivity index (χ1v) is 9.44. The van der Waals surface area contributed by atoms with E-state index in [9.17, 15) is 4.79 Å². The fraction of sp³-hybridized carbons (Fsp3) is 0.0909. The number of aromatic nitrogens is 4. The molecule has 0 fully saturated rings. The summed E-state index contributed by atoms with van der Waals surface area (Å²) < 4.78 is 1.66. The molecule has 0 saturated carbocycles. The van der Waals surface area contributed by atoms with Crippen LogP contribution in [-0.4, -0.2) is 25.7 Å². The Morgan fingerprint density at radius 2 is 1.72 bits per heavy atom. The van der Waals surface area contributed by atoms with E-state index in [-0.39, 0.29) is 5.91 Å². The number of hydrogen-bond donors (Lipinski definition) is 0. The third-order valence-electron chi connectivity index (χ3n) is 4.54. The van der Waals surface area contributed by atoms with E-state index < -0.39 is 0 Å². The number of anilines is 1. The maximum Gasteiger partial charge on any atom is 0.262 e. The first-order chi connectivity index (χ1) is 14.1. The van der Waals surface area contributed by atoms with Gasteiger partial charge in [-0.15, -0.1) is 0 Å². The van der Waals surface area contributed by atoms with Gasteiger partial charge in [-0.05, 0) is 55.5 Å². The second-order valence-electron chi connectivity index (χ2n) is 6.43. The predicted molar refractivity (Wildman–Crippen MR) is 112 cm³/mol. The summed E-state index contributed by atoms with van der Waals surface area (Å²) in [6.45, 7) is 2.19. The highest BCUT2D eigenvalue weighted by molar-refractivity contribution is 6.30. The molecule has 6 nitrogen and oxygen atoms in total. The van der Waals surface area contributed by atoms with E-state index in [4.69, 9.17) is 11.6 Å². The third-order valence-corrected chi connectivity index (χ3v) is 4.79. The van der Waals surface area contributed by atoms with Crippen molar-refractivity contribution < 1.29 is 4.79 Å². The van der Waals surface area contributed by atoms with Gasteiger partial charge in [0.05, 0.1) is 29.7 Å². The second-order valence-corrected chi connectivity index (χ2v) is 6.87. The average molecular weight is 404 g/mol. The van der Waals surface area contributed by atoms with Crippen LogP contribution in [-0.2, 0) is 6.54 Å². The summed E-state index contributed by atoms with van der Waals surface area (Å²) in [7, 11) is 0. The Balaban J connectivity index is 1.72. The van der Waals surface area contributed by atoms with Crippen LogP contribution in [0.4, 0.5) is 5.69 Å². The second kappa shape index (κ2) is 8.24. The van der Waals surface area contributed by atoms with Crippen LogP contribution >= 0.6 is 11.6 Å². The lowest BCUT2D eigenvalue weighted by Gasteiger charge is -2.22. The lowest BCUT2D eigenvalue weighted by atomic mass is 10.2. The summed E-state index contributed by atoms with van der Waals surface area (Å²) in [5.41, 5.74) is 2.73. The number of amides is 1. The Morgan fingerprint density at radius 3 is 2.38 bits per heavy atom. The van der Waals surface area contributed by atoms with Gasteiger partial charge in [-0.25, -0.2) is 9.67 Å². The van der Waals surface area contributed by atoms with Gasteiger partial charge in [0, 0.05) is 23.1 Å². The first kappa shape index (κ1) is 18.8. The fourth-order valence-corrected chi connectivity index (χ4v) is 3.16. The van der Waals surface area contributed by atoms with Gasteiger partial charge in [0.15, 0.2) is 5.82 Å². The van der Waals surface area contributed by atoms with Crippen molar-refractivity contribution in [2.75, 3.05) is 4.90 Å². The number of hydrogen-bond acceptors (Lipinski definition) is 4. The number of carbonyl (C=O) groups excluding carboxylic acids is 1. The molecule has 3 heterocycles. The molecule has 0 atom stereocenters. The monoisotopic (exact) mass is 403 g/mol. The molecular weight excluding hydrogens is 386 g/mol. The highest BCUT2D eigenvalue weighted by Crippen LogP contribution is 2.23. The molecule has 144 valence electrons. The largest absolute Gasteiger partial charge is 0.302 e. The third kappa shape index (κ3) is 4.02. The van der Waals surface area contributed by atoms with Crippen LogP contribution in [0, 0.1) is 6.92 Å². The maximum atomic E-state index is 13.5. The number of carbonyl (C=O) groups is 1. The van der Waals surface area contributed by atoms with Crippen LogP contribution in [0.3, 0.4) is 0 Å². The summed E-state index contributed by atoms with van der Waals surface area (Å²) in [6, 6.07) is 18.4. The molecule has 0 aliphatic rings. The Kier molecular flexibility index (Phi) is 5.35. The molecule has 0 N–H and O–H groups in total. The maximum absolute atomic E-state index is 13.5. The number of halogens is 1. The quantitative estimate of drug-likeness (QED) is 0.493. The molecule has 1 aromatic carbocycles. The average Bonchev–Trinajstić information content (AvgIpc) is 3.15. The summed E-state index contributed by atoms with van der Waals surface area (Å²) in [5, 5.41) is 4.98. The van der Waals surface area contributed by atoms with E-state index in [1.807, 2.05) is 55.5 Å². The zero-order valence-corrected chi connectivity index (χ0v) is 16.5. The van der Waals surface area contributed by atoms with Gasteiger partial charge in [0.25, 0.3) is 5.91 Å². The number of pyridine rings is 2. The zero-order valence-electron chi connectivity index (χ0n) is 15.7. The van der Waals surface area contributed by atoms with Crippen molar-refractivity contribution in [1.29, 1.82) is 0 Å². The summed E-state index contributed by atoms with van der Waals surface area (Å²) in [4.78, 5) is 23.8. The van der Waals surface area contributed by atoms with Crippen molar-refractivity contribution in [1.82, 2.24) is 19.7 Å². The van der Waals surface area contributed by atoms with Crippen LogP contribution in [0.1, 0.15) is 21.7 Å². The van der Waals surface area contributed by atoms with Crippen molar-refractivity contribution in [2.45, 2.75) is 13.5 Å². The van der Waals surface area contributed by atoms with Crippen molar-refractivity contribution in [2.24, 2.45) is 0 Å². The molecular formula is C22H18ClN5O. The van der Waals surface area contributed by atoms with Gasteiger partial charge in [-0.2, -0.15) is 5.10 Å². The van der Waals surface area contributed by atoms with E-state index in [0.29, 0.717) is 28.6 Å². The van der Waals surface area contributed by atoms with Gasteiger partial charge >= 0.3 is 0 Å². The topological polar surface area (TPSA) is 63.9 Å². The predicted octanol–water partition coefficient (Wildman–Crippen LogP) is 4.47.